The molecule has 128 valence electrons. The molecule has 4 heteroatoms. The van der Waals surface area contributed by atoms with Crippen LogP contribution in [0.25, 0.3) is 0 Å². The first kappa shape index (κ1) is 16.9. The summed E-state index contributed by atoms with van der Waals surface area (Å²) in [6, 6.07) is 4.34. The highest BCUT2D eigenvalue weighted by Crippen LogP contribution is 2.40. The smallest absolute Gasteiger partial charge is 0.0685 e. The highest BCUT2D eigenvalue weighted by molar-refractivity contribution is 5.41. The Balaban J connectivity index is 1.87. The predicted molar refractivity (Wildman–Crippen MR) is 89.9 cm³/mol. The molecular formula is C19H29NO3. The van der Waals surface area contributed by atoms with Crippen LogP contribution in [-0.2, 0) is 19.6 Å². The molecule has 4 nitrogen and oxygen atoms in total. The van der Waals surface area contributed by atoms with E-state index in [1.54, 1.807) is 0 Å². The topological polar surface area (TPSA) is 63.9 Å². The fourth-order valence-corrected chi connectivity index (χ4v) is 4.37. The van der Waals surface area contributed by atoms with Crippen LogP contribution < -0.4 is 0 Å². The maximum Gasteiger partial charge on any atom is 0.0685 e. The molecule has 0 unspecified atom stereocenters. The Kier molecular flexibility index (Phi) is 5.07. The minimum atomic E-state index is -0.250. The van der Waals surface area contributed by atoms with Gasteiger partial charge in [0.25, 0.3) is 0 Å². The van der Waals surface area contributed by atoms with Crippen LogP contribution in [0.15, 0.2) is 12.1 Å². The number of rotatable bonds is 4. The monoisotopic (exact) mass is 319 g/mol. The van der Waals surface area contributed by atoms with Crippen LogP contribution in [0.5, 0.6) is 0 Å². The van der Waals surface area contributed by atoms with Crippen molar-refractivity contribution in [3.63, 3.8) is 0 Å². The normalized spacial score (nSPS) is 27.8. The third kappa shape index (κ3) is 3.31. The quantitative estimate of drug-likeness (QED) is 0.794. The third-order valence-electron chi connectivity index (χ3n) is 5.52. The second-order valence-electron chi connectivity index (χ2n) is 7.59. The first-order valence-corrected chi connectivity index (χ1v) is 8.81. The fourth-order valence-electron chi connectivity index (χ4n) is 4.37. The summed E-state index contributed by atoms with van der Waals surface area (Å²) in [5, 5.41) is 29.6. The Morgan fingerprint density at radius 2 is 1.87 bits per heavy atom. The van der Waals surface area contributed by atoms with Crippen LogP contribution in [0, 0.1) is 11.8 Å². The van der Waals surface area contributed by atoms with Crippen LogP contribution in [-0.4, -0.2) is 39.4 Å². The van der Waals surface area contributed by atoms with Crippen molar-refractivity contribution in [1.29, 1.82) is 0 Å². The van der Waals surface area contributed by atoms with Crippen molar-refractivity contribution in [2.45, 2.75) is 58.5 Å². The van der Waals surface area contributed by atoms with Gasteiger partial charge < -0.3 is 15.3 Å². The first-order valence-electron chi connectivity index (χ1n) is 8.81. The van der Waals surface area contributed by atoms with E-state index < -0.39 is 0 Å². The number of hydrogen-bond donors (Lipinski definition) is 3. The van der Waals surface area contributed by atoms with Crippen molar-refractivity contribution in [3.05, 3.63) is 34.4 Å². The number of aliphatic hydroxyl groups excluding tert-OH is 3. The van der Waals surface area contributed by atoms with E-state index in [0.717, 1.165) is 43.5 Å². The summed E-state index contributed by atoms with van der Waals surface area (Å²) < 4.78 is 0. The van der Waals surface area contributed by atoms with E-state index in [0.29, 0.717) is 11.8 Å². The summed E-state index contributed by atoms with van der Waals surface area (Å²) in [5.74, 6) is 0.971. The predicted octanol–water partition coefficient (Wildman–Crippen LogP) is 2.00. The number of hydrogen-bond acceptors (Lipinski definition) is 4. The van der Waals surface area contributed by atoms with Gasteiger partial charge in [0.15, 0.2) is 0 Å². The van der Waals surface area contributed by atoms with Gasteiger partial charge in [-0.05, 0) is 53.4 Å². The maximum atomic E-state index is 10.6. The molecule has 0 aliphatic carbocycles. The average molecular weight is 319 g/mol. The van der Waals surface area contributed by atoms with Gasteiger partial charge in [-0.2, -0.15) is 0 Å². The minimum absolute atomic E-state index is 0.0311. The molecule has 1 fully saturated rings. The molecule has 1 saturated heterocycles. The van der Waals surface area contributed by atoms with Gasteiger partial charge in [0.1, 0.15) is 0 Å². The van der Waals surface area contributed by atoms with Crippen molar-refractivity contribution in [3.8, 4) is 0 Å². The lowest BCUT2D eigenvalue weighted by Crippen LogP contribution is -2.48. The summed E-state index contributed by atoms with van der Waals surface area (Å²) in [5.41, 5.74) is 4.14. The van der Waals surface area contributed by atoms with E-state index >= 15 is 0 Å². The van der Waals surface area contributed by atoms with Gasteiger partial charge in [0, 0.05) is 19.1 Å². The molecule has 3 atom stereocenters. The van der Waals surface area contributed by atoms with Crippen molar-refractivity contribution in [2.75, 3.05) is 13.1 Å². The zero-order valence-corrected chi connectivity index (χ0v) is 14.2. The molecule has 2 aliphatic heterocycles. The SMILES string of the molecule is CC(C)C[C@@H]1CN2CCc3cc(CO)c(CO)cc3[C@H]2C[C@@H]1O. The number of aliphatic hydroxyl groups is 3. The molecule has 0 amide bonds. The zero-order chi connectivity index (χ0) is 16.6. The van der Waals surface area contributed by atoms with Crippen molar-refractivity contribution >= 4 is 0 Å². The van der Waals surface area contributed by atoms with Gasteiger partial charge in [-0.25, -0.2) is 0 Å². The summed E-state index contributed by atoms with van der Waals surface area (Å²) in [6.07, 6.45) is 2.57. The maximum absolute atomic E-state index is 10.6. The van der Waals surface area contributed by atoms with Crippen LogP contribution >= 0.6 is 0 Å². The lowest BCUT2D eigenvalue weighted by molar-refractivity contribution is -0.0191. The van der Waals surface area contributed by atoms with Crippen LogP contribution in [0.2, 0.25) is 0 Å². The molecule has 2 heterocycles. The Hall–Kier alpha value is -0.940. The minimum Gasteiger partial charge on any atom is -0.393 e. The molecule has 0 radical (unpaired) electrons. The van der Waals surface area contributed by atoms with Crippen molar-refractivity contribution in [1.82, 2.24) is 4.90 Å². The molecule has 1 aromatic carbocycles. The second-order valence-corrected chi connectivity index (χ2v) is 7.59. The highest BCUT2D eigenvalue weighted by Gasteiger charge is 2.38. The first-order chi connectivity index (χ1) is 11.0. The van der Waals surface area contributed by atoms with E-state index in [1.807, 2.05) is 12.1 Å². The number of fused-ring (bicyclic) bond motifs is 3. The molecule has 0 spiro atoms. The van der Waals surface area contributed by atoms with Gasteiger partial charge in [-0.15, -0.1) is 0 Å². The molecule has 0 saturated carbocycles. The Morgan fingerprint density at radius 3 is 2.52 bits per heavy atom. The van der Waals surface area contributed by atoms with E-state index in [-0.39, 0.29) is 25.4 Å². The van der Waals surface area contributed by atoms with Crippen molar-refractivity contribution < 1.29 is 15.3 Å². The standard InChI is InChI=1S/C19H29NO3/c1-12(2)5-14-9-20-4-3-13-6-15(10-21)16(11-22)7-17(13)18(20)8-19(14)23/h6-7,12,14,18-19,21-23H,3-5,8-11H2,1-2H3/t14-,18-,19+/m1/s1. The molecule has 0 aromatic heterocycles. The molecule has 0 bridgehead atoms. The molecule has 3 N–H and O–H groups in total. The average Bonchev–Trinajstić information content (AvgIpc) is 2.53. The van der Waals surface area contributed by atoms with Crippen molar-refractivity contribution in [2.24, 2.45) is 11.8 Å². The number of benzene rings is 1. The molecular weight excluding hydrogens is 290 g/mol. The highest BCUT2D eigenvalue weighted by atomic mass is 16.3. The molecule has 3 rings (SSSR count). The summed E-state index contributed by atoms with van der Waals surface area (Å²) in [7, 11) is 0. The van der Waals surface area contributed by atoms with E-state index in [9.17, 15) is 15.3 Å². The summed E-state index contributed by atoms with van der Waals surface area (Å²) >= 11 is 0. The fraction of sp³-hybridized carbons (Fsp3) is 0.684. The molecule has 23 heavy (non-hydrogen) atoms. The van der Waals surface area contributed by atoms with Crippen LogP contribution in [0.4, 0.5) is 0 Å². The second kappa shape index (κ2) is 6.89. The van der Waals surface area contributed by atoms with E-state index in [2.05, 4.69) is 18.7 Å². The van der Waals surface area contributed by atoms with Gasteiger partial charge in [-0.3, -0.25) is 4.90 Å². The lowest BCUT2D eigenvalue weighted by atomic mass is 9.78. The lowest BCUT2D eigenvalue weighted by Gasteiger charge is -2.46. The van der Waals surface area contributed by atoms with Crippen LogP contribution in [0.1, 0.15) is 55.0 Å². The zero-order valence-electron chi connectivity index (χ0n) is 14.2. The van der Waals surface area contributed by atoms with E-state index in [4.69, 9.17) is 0 Å². The van der Waals surface area contributed by atoms with Gasteiger partial charge in [-0.1, -0.05) is 26.0 Å². The van der Waals surface area contributed by atoms with Crippen LogP contribution in [0.3, 0.4) is 0 Å². The Morgan fingerprint density at radius 1 is 1.17 bits per heavy atom. The van der Waals surface area contributed by atoms with E-state index in [1.165, 1.54) is 11.1 Å². The Labute approximate surface area is 138 Å². The third-order valence-corrected chi connectivity index (χ3v) is 5.52. The van der Waals surface area contributed by atoms with Gasteiger partial charge in [0.2, 0.25) is 0 Å². The molecule has 2 aliphatic rings. The number of nitrogens with zero attached hydrogens (tertiary/aromatic N) is 1. The van der Waals surface area contributed by atoms with Gasteiger partial charge >= 0.3 is 0 Å². The van der Waals surface area contributed by atoms with Gasteiger partial charge in [0.05, 0.1) is 19.3 Å². The largest absolute Gasteiger partial charge is 0.393 e. The summed E-state index contributed by atoms with van der Waals surface area (Å²) in [4.78, 5) is 2.50. The Bertz CT molecular complexity index is 558. The summed E-state index contributed by atoms with van der Waals surface area (Å²) in [6.45, 7) is 6.33. The number of piperidine rings is 1. The molecule has 1 aromatic rings.